The van der Waals surface area contributed by atoms with Crippen LogP contribution in [0, 0.1) is 0 Å². The fourth-order valence-corrected chi connectivity index (χ4v) is 4.25. The van der Waals surface area contributed by atoms with Crippen molar-refractivity contribution in [2.75, 3.05) is 13.1 Å². The summed E-state index contributed by atoms with van der Waals surface area (Å²) in [6.45, 7) is 4.39. The van der Waals surface area contributed by atoms with Gasteiger partial charge in [-0.15, -0.1) is 11.3 Å². The van der Waals surface area contributed by atoms with Crippen LogP contribution in [0.5, 0.6) is 0 Å². The molecule has 0 aliphatic rings. The van der Waals surface area contributed by atoms with Gasteiger partial charge in [-0.05, 0) is 24.3 Å². The molecule has 0 aliphatic heterocycles. The molecule has 23 heavy (non-hydrogen) atoms. The highest BCUT2D eigenvalue weighted by Gasteiger charge is 2.21. The molecule has 1 aromatic heterocycles. The first-order valence-corrected chi connectivity index (χ1v) is 9.51. The fraction of sp³-hybridized carbons (Fsp3) is 0.333. The number of nitrogens with zero attached hydrogens (tertiary/aromatic N) is 3. The summed E-state index contributed by atoms with van der Waals surface area (Å²) in [7, 11) is -1.70. The van der Waals surface area contributed by atoms with Gasteiger partial charge in [0.1, 0.15) is 0 Å². The number of thiazole rings is 1. The zero-order valence-electron chi connectivity index (χ0n) is 13.3. The van der Waals surface area contributed by atoms with E-state index in [1.807, 2.05) is 18.6 Å². The molecule has 0 aliphatic carbocycles. The number of carbonyl (C=O) groups excluding carboxylic acids is 1. The fourth-order valence-electron chi connectivity index (χ4n) is 2.07. The Bertz CT molecular complexity index is 845. The number of amides is 1. The first kappa shape index (κ1) is 17.6. The summed E-state index contributed by atoms with van der Waals surface area (Å²) in [5, 5.41) is 1.84. The number of sulfonamides is 1. The van der Waals surface area contributed by atoms with E-state index < -0.39 is 15.9 Å². The van der Waals surface area contributed by atoms with Gasteiger partial charge >= 0.3 is 0 Å². The number of rotatable bonds is 5. The van der Waals surface area contributed by atoms with Crippen LogP contribution in [-0.4, -0.2) is 36.3 Å². The highest BCUT2D eigenvalue weighted by molar-refractivity contribution is 7.89. The maximum absolute atomic E-state index is 12.4. The predicted molar refractivity (Wildman–Crippen MR) is 89.7 cm³/mol. The number of benzene rings is 1. The molecule has 1 heterocycles. The molecule has 6 nitrogen and oxygen atoms in total. The number of carbonyl (C=O) groups is 1. The minimum absolute atomic E-state index is 0.180. The van der Waals surface area contributed by atoms with Gasteiger partial charge in [-0.2, -0.15) is 9.30 Å². The minimum Gasteiger partial charge on any atom is -0.327 e. The zero-order chi connectivity index (χ0) is 17.0. The van der Waals surface area contributed by atoms with Crippen LogP contribution < -0.4 is 4.80 Å². The monoisotopic (exact) mass is 353 g/mol. The summed E-state index contributed by atoms with van der Waals surface area (Å²) in [5.74, 6) is -0.394. The highest BCUT2D eigenvalue weighted by atomic mass is 32.2. The van der Waals surface area contributed by atoms with E-state index in [4.69, 9.17) is 0 Å². The third-order valence-corrected chi connectivity index (χ3v) is 6.31. The Morgan fingerprint density at radius 1 is 1.22 bits per heavy atom. The third-order valence-electron chi connectivity index (χ3n) is 3.40. The maximum atomic E-state index is 12.4. The number of hydrogen-bond acceptors (Lipinski definition) is 4. The SMILES string of the molecule is CCN(CC)S(=O)(=O)c1ccc(C(=O)N=c2sccn2C)cc1. The van der Waals surface area contributed by atoms with Crippen molar-refractivity contribution in [2.24, 2.45) is 12.0 Å². The topological polar surface area (TPSA) is 71.7 Å². The Balaban J connectivity index is 2.30. The average molecular weight is 353 g/mol. The molecular formula is C15H19N3O3S2. The van der Waals surface area contributed by atoms with Gasteiger partial charge in [-0.25, -0.2) is 8.42 Å². The molecule has 0 unspecified atom stereocenters. The normalized spacial score (nSPS) is 12.8. The van der Waals surface area contributed by atoms with Crippen LogP contribution in [0.2, 0.25) is 0 Å². The number of aromatic nitrogens is 1. The standard InChI is InChI=1S/C15H19N3O3S2/c1-4-18(5-2)23(20,21)13-8-6-12(7-9-13)14(19)16-15-17(3)10-11-22-15/h6-11H,4-5H2,1-3H3. The third kappa shape index (κ3) is 3.77. The van der Waals surface area contributed by atoms with Crippen molar-refractivity contribution in [3.05, 3.63) is 46.2 Å². The lowest BCUT2D eigenvalue weighted by molar-refractivity contribution is 0.0997. The molecule has 0 atom stereocenters. The molecule has 124 valence electrons. The van der Waals surface area contributed by atoms with Crippen molar-refractivity contribution < 1.29 is 13.2 Å². The predicted octanol–water partition coefficient (Wildman–Crippen LogP) is 1.86. The lowest BCUT2D eigenvalue weighted by Crippen LogP contribution is -2.30. The molecule has 1 amide bonds. The Hall–Kier alpha value is -1.77. The second-order valence-corrected chi connectivity index (χ2v) is 7.64. The van der Waals surface area contributed by atoms with Crippen molar-refractivity contribution in [3.63, 3.8) is 0 Å². The maximum Gasteiger partial charge on any atom is 0.279 e. The van der Waals surface area contributed by atoms with Crippen LogP contribution in [0.1, 0.15) is 24.2 Å². The lowest BCUT2D eigenvalue weighted by atomic mass is 10.2. The Morgan fingerprint density at radius 2 is 1.83 bits per heavy atom. The molecule has 0 saturated carbocycles. The van der Waals surface area contributed by atoms with Crippen molar-refractivity contribution in [2.45, 2.75) is 18.7 Å². The van der Waals surface area contributed by atoms with Gasteiger partial charge in [-0.3, -0.25) is 4.79 Å². The molecule has 0 spiro atoms. The summed E-state index contributed by atoms with van der Waals surface area (Å²) < 4.78 is 27.9. The first-order chi connectivity index (χ1) is 10.9. The smallest absolute Gasteiger partial charge is 0.279 e. The van der Waals surface area contributed by atoms with E-state index in [1.165, 1.54) is 39.9 Å². The minimum atomic E-state index is -3.51. The molecule has 2 aromatic rings. The molecule has 1 aromatic carbocycles. The second kappa shape index (κ2) is 7.20. The largest absolute Gasteiger partial charge is 0.327 e. The van der Waals surface area contributed by atoms with Gasteiger partial charge in [0.05, 0.1) is 4.90 Å². The summed E-state index contributed by atoms with van der Waals surface area (Å²) in [6.07, 6.45) is 1.82. The van der Waals surface area contributed by atoms with Gasteiger partial charge < -0.3 is 4.57 Å². The van der Waals surface area contributed by atoms with Crippen molar-refractivity contribution >= 4 is 27.3 Å². The van der Waals surface area contributed by atoms with E-state index in [2.05, 4.69) is 4.99 Å². The van der Waals surface area contributed by atoms with E-state index in [1.54, 1.807) is 18.4 Å². The van der Waals surface area contributed by atoms with Crippen LogP contribution in [0.3, 0.4) is 0 Å². The summed E-state index contributed by atoms with van der Waals surface area (Å²) in [5.41, 5.74) is 0.358. The number of aryl methyl sites for hydroxylation is 1. The number of hydrogen-bond donors (Lipinski definition) is 0. The lowest BCUT2D eigenvalue weighted by Gasteiger charge is -2.18. The molecular weight excluding hydrogens is 334 g/mol. The average Bonchev–Trinajstić information content (AvgIpc) is 2.93. The van der Waals surface area contributed by atoms with E-state index in [9.17, 15) is 13.2 Å². The molecule has 0 N–H and O–H groups in total. The molecule has 8 heteroatoms. The summed E-state index contributed by atoms with van der Waals surface area (Å²) in [6, 6.07) is 5.89. The van der Waals surface area contributed by atoms with Gasteiger partial charge in [0.15, 0.2) is 4.80 Å². The van der Waals surface area contributed by atoms with E-state index in [0.717, 1.165) is 0 Å². The Labute approximate surface area is 139 Å². The van der Waals surface area contributed by atoms with E-state index in [-0.39, 0.29) is 4.90 Å². The zero-order valence-corrected chi connectivity index (χ0v) is 14.9. The molecule has 0 fully saturated rings. The van der Waals surface area contributed by atoms with E-state index in [0.29, 0.717) is 23.5 Å². The van der Waals surface area contributed by atoms with Crippen LogP contribution in [-0.2, 0) is 17.1 Å². The van der Waals surface area contributed by atoms with Crippen LogP contribution in [0.15, 0.2) is 45.7 Å². The van der Waals surface area contributed by atoms with Crippen molar-refractivity contribution in [1.82, 2.24) is 8.87 Å². The van der Waals surface area contributed by atoms with Crippen molar-refractivity contribution in [3.8, 4) is 0 Å². The molecule has 0 bridgehead atoms. The van der Waals surface area contributed by atoms with Gasteiger partial charge in [0, 0.05) is 37.3 Å². The molecule has 2 rings (SSSR count). The molecule has 0 saturated heterocycles. The van der Waals surface area contributed by atoms with Gasteiger partial charge in [-0.1, -0.05) is 13.8 Å². The Morgan fingerprint density at radius 3 is 2.30 bits per heavy atom. The second-order valence-electron chi connectivity index (χ2n) is 4.83. The highest BCUT2D eigenvalue weighted by Crippen LogP contribution is 2.16. The van der Waals surface area contributed by atoms with Crippen LogP contribution in [0.4, 0.5) is 0 Å². The summed E-state index contributed by atoms with van der Waals surface area (Å²) >= 11 is 1.36. The quantitative estimate of drug-likeness (QED) is 0.824. The van der Waals surface area contributed by atoms with E-state index >= 15 is 0 Å². The van der Waals surface area contributed by atoms with Crippen LogP contribution >= 0.6 is 11.3 Å². The van der Waals surface area contributed by atoms with Gasteiger partial charge in [0.25, 0.3) is 5.91 Å². The van der Waals surface area contributed by atoms with Crippen LogP contribution in [0.25, 0.3) is 0 Å². The Kier molecular flexibility index (Phi) is 5.51. The first-order valence-electron chi connectivity index (χ1n) is 7.19. The van der Waals surface area contributed by atoms with Crippen molar-refractivity contribution in [1.29, 1.82) is 0 Å². The summed E-state index contributed by atoms with van der Waals surface area (Å²) in [4.78, 5) is 16.9. The molecule has 0 radical (unpaired) electrons. The van der Waals surface area contributed by atoms with Gasteiger partial charge in [0.2, 0.25) is 10.0 Å².